The summed E-state index contributed by atoms with van der Waals surface area (Å²) in [6.07, 6.45) is 3.60. The fourth-order valence-corrected chi connectivity index (χ4v) is 3.32. The molecule has 0 aromatic heterocycles. The standard InChI is InChI=1S/C29H34N2O5/c1-4-7-17-35-25-15-13-23(18-27(25)33-5-2)20-30-31-29(32)24-14-16-26(28(19-24)34-6-3)36-21-22-11-9-8-10-12-22/h8-16,18-20H,4-7,17,21H2,1-3H3,(H,31,32)/b30-20+. The lowest BCUT2D eigenvalue weighted by Gasteiger charge is -2.13. The molecule has 0 saturated heterocycles. The number of hydrogen-bond acceptors (Lipinski definition) is 6. The minimum atomic E-state index is -0.355. The first-order valence-corrected chi connectivity index (χ1v) is 12.3. The van der Waals surface area contributed by atoms with Gasteiger partial charge in [0.05, 0.1) is 26.0 Å². The normalized spacial score (nSPS) is 10.8. The molecule has 7 heteroatoms. The topological polar surface area (TPSA) is 78.4 Å². The number of amides is 1. The van der Waals surface area contributed by atoms with E-state index in [1.54, 1.807) is 24.4 Å². The first-order valence-electron chi connectivity index (χ1n) is 12.3. The SMILES string of the molecule is CCCCOc1ccc(/C=N/NC(=O)c2ccc(OCc3ccccc3)c(OCC)c2)cc1OCC. The molecule has 0 fully saturated rings. The van der Waals surface area contributed by atoms with E-state index in [2.05, 4.69) is 17.5 Å². The summed E-state index contributed by atoms with van der Waals surface area (Å²) in [6.45, 7) is 7.94. The maximum atomic E-state index is 12.7. The Hall–Kier alpha value is -4.00. The van der Waals surface area contributed by atoms with Gasteiger partial charge >= 0.3 is 0 Å². The van der Waals surface area contributed by atoms with E-state index in [-0.39, 0.29) is 5.91 Å². The van der Waals surface area contributed by atoms with Crippen molar-refractivity contribution in [3.63, 3.8) is 0 Å². The highest BCUT2D eigenvalue weighted by Crippen LogP contribution is 2.30. The van der Waals surface area contributed by atoms with Crippen LogP contribution >= 0.6 is 0 Å². The number of nitrogens with one attached hydrogen (secondary N) is 1. The number of ether oxygens (including phenoxy) is 4. The Labute approximate surface area is 213 Å². The van der Waals surface area contributed by atoms with Crippen LogP contribution in [0.25, 0.3) is 0 Å². The lowest BCUT2D eigenvalue weighted by molar-refractivity contribution is 0.0954. The van der Waals surface area contributed by atoms with Gasteiger partial charge in [0.15, 0.2) is 23.0 Å². The molecule has 1 amide bonds. The van der Waals surface area contributed by atoms with Crippen LogP contribution in [0.4, 0.5) is 0 Å². The van der Waals surface area contributed by atoms with Crippen molar-refractivity contribution < 1.29 is 23.7 Å². The third kappa shape index (κ3) is 8.05. The highest BCUT2D eigenvalue weighted by molar-refractivity contribution is 5.95. The summed E-state index contributed by atoms with van der Waals surface area (Å²) in [7, 11) is 0. The van der Waals surface area contributed by atoms with Gasteiger partial charge in [0, 0.05) is 5.56 Å². The Balaban J connectivity index is 1.64. The molecule has 36 heavy (non-hydrogen) atoms. The summed E-state index contributed by atoms with van der Waals surface area (Å²) in [6, 6.07) is 20.5. The molecule has 1 N–H and O–H groups in total. The van der Waals surface area contributed by atoms with Crippen LogP contribution in [0.15, 0.2) is 71.8 Å². The van der Waals surface area contributed by atoms with Crippen molar-refractivity contribution in [3.05, 3.63) is 83.4 Å². The van der Waals surface area contributed by atoms with Crippen molar-refractivity contribution in [1.82, 2.24) is 5.43 Å². The predicted molar refractivity (Wildman–Crippen MR) is 141 cm³/mol. The van der Waals surface area contributed by atoms with Crippen LogP contribution < -0.4 is 24.4 Å². The lowest BCUT2D eigenvalue weighted by atomic mass is 10.2. The minimum Gasteiger partial charge on any atom is -0.490 e. The zero-order valence-electron chi connectivity index (χ0n) is 21.2. The van der Waals surface area contributed by atoms with Gasteiger partial charge in [0.1, 0.15) is 6.61 Å². The maximum Gasteiger partial charge on any atom is 0.271 e. The molecule has 7 nitrogen and oxygen atoms in total. The molecule has 190 valence electrons. The van der Waals surface area contributed by atoms with E-state index in [4.69, 9.17) is 18.9 Å². The van der Waals surface area contributed by atoms with Gasteiger partial charge < -0.3 is 18.9 Å². The number of hydrogen-bond donors (Lipinski definition) is 1. The van der Waals surface area contributed by atoms with Gasteiger partial charge in [0.25, 0.3) is 5.91 Å². The van der Waals surface area contributed by atoms with Gasteiger partial charge in [-0.3, -0.25) is 4.79 Å². The van der Waals surface area contributed by atoms with Crippen LogP contribution in [0.1, 0.15) is 55.1 Å². The van der Waals surface area contributed by atoms with Crippen molar-refractivity contribution in [1.29, 1.82) is 0 Å². The zero-order valence-corrected chi connectivity index (χ0v) is 21.2. The maximum absolute atomic E-state index is 12.7. The van der Waals surface area contributed by atoms with E-state index in [9.17, 15) is 4.79 Å². The molecule has 0 saturated carbocycles. The molecule has 0 unspecified atom stereocenters. The predicted octanol–water partition coefficient (Wildman–Crippen LogP) is 6.01. The fraction of sp³-hybridized carbons (Fsp3) is 0.310. The number of rotatable bonds is 14. The molecular weight excluding hydrogens is 456 g/mol. The van der Waals surface area contributed by atoms with Gasteiger partial charge in [-0.25, -0.2) is 5.43 Å². The molecule has 3 rings (SSSR count). The molecule has 0 atom stereocenters. The first-order chi connectivity index (χ1) is 17.6. The Kier molecular flexibility index (Phi) is 10.6. The van der Waals surface area contributed by atoms with Crippen LogP contribution in [-0.4, -0.2) is 31.9 Å². The molecule has 0 aliphatic carbocycles. The molecular formula is C29H34N2O5. The van der Waals surface area contributed by atoms with E-state index in [0.717, 1.165) is 24.0 Å². The summed E-state index contributed by atoms with van der Waals surface area (Å²) in [5.74, 6) is 2.07. The summed E-state index contributed by atoms with van der Waals surface area (Å²) < 4.78 is 23.1. The molecule has 3 aromatic rings. The Morgan fingerprint density at radius 2 is 1.50 bits per heavy atom. The average molecular weight is 491 g/mol. The third-order valence-electron chi connectivity index (χ3n) is 5.15. The van der Waals surface area contributed by atoms with Gasteiger partial charge in [-0.05, 0) is 67.8 Å². The summed E-state index contributed by atoms with van der Waals surface area (Å²) >= 11 is 0. The Bertz CT molecular complexity index is 1130. The fourth-order valence-electron chi connectivity index (χ4n) is 3.32. The summed E-state index contributed by atoms with van der Waals surface area (Å²) in [4.78, 5) is 12.7. The van der Waals surface area contributed by atoms with Crippen LogP contribution in [0.5, 0.6) is 23.0 Å². The lowest BCUT2D eigenvalue weighted by Crippen LogP contribution is -2.17. The molecule has 0 bridgehead atoms. The van der Waals surface area contributed by atoms with Crippen LogP contribution in [-0.2, 0) is 6.61 Å². The smallest absolute Gasteiger partial charge is 0.271 e. The highest BCUT2D eigenvalue weighted by atomic mass is 16.5. The monoisotopic (exact) mass is 490 g/mol. The van der Waals surface area contributed by atoms with Gasteiger partial charge in [0.2, 0.25) is 0 Å². The number of unbranched alkanes of at least 4 members (excludes halogenated alkanes) is 1. The first kappa shape index (κ1) is 26.6. The van der Waals surface area contributed by atoms with E-state index < -0.39 is 0 Å². The second kappa shape index (κ2) is 14.4. The van der Waals surface area contributed by atoms with E-state index in [0.29, 0.717) is 55.0 Å². The third-order valence-corrected chi connectivity index (χ3v) is 5.15. The number of carbonyl (C=O) groups excluding carboxylic acids is 1. The summed E-state index contributed by atoms with van der Waals surface area (Å²) in [5.41, 5.74) is 4.80. The van der Waals surface area contributed by atoms with Crippen molar-refractivity contribution in [3.8, 4) is 23.0 Å². The molecule has 0 spiro atoms. The van der Waals surface area contributed by atoms with Gasteiger partial charge in [-0.15, -0.1) is 0 Å². The quantitative estimate of drug-likeness (QED) is 0.170. The Morgan fingerprint density at radius 1 is 0.806 bits per heavy atom. The van der Waals surface area contributed by atoms with E-state index in [1.165, 1.54) is 0 Å². The second-order valence-electron chi connectivity index (χ2n) is 7.91. The van der Waals surface area contributed by atoms with Gasteiger partial charge in [-0.1, -0.05) is 43.7 Å². The summed E-state index contributed by atoms with van der Waals surface area (Å²) in [5, 5.41) is 4.11. The molecule has 0 heterocycles. The van der Waals surface area contributed by atoms with Crippen molar-refractivity contribution in [2.45, 2.75) is 40.2 Å². The second-order valence-corrected chi connectivity index (χ2v) is 7.91. The number of carbonyl (C=O) groups is 1. The molecule has 3 aromatic carbocycles. The van der Waals surface area contributed by atoms with Crippen LogP contribution in [0, 0.1) is 0 Å². The van der Waals surface area contributed by atoms with Crippen molar-refractivity contribution in [2.24, 2.45) is 5.10 Å². The average Bonchev–Trinajstić information content (AvgIpc) is 2.90. The highest BCUT2D eigenvalue weighted by Gasteiger charge is 2.12. The van der Waals surface area contributed by atoms with Crippen LogP contribution in [0.3, 0.4) is 0 Å². The largest absolute Gasteiger partial charge is 0.490 e. The number of hydrazone groups is 1. The van der Waals surface area contributed by atoms with Crippen molar-refractivity contribution in [2.75, 3.05) is 19.8 Å². The van der Waals surface area contributed by atoms with E-state index >= 15 is 0 Å². The molecule has 0 aliphatic heterocycles. The van der Waals surface area contributed by atoms with Crippen LogP contribution in [0.2, 0.25) is 0 Å². The molecule has 0 radical (unpaired) electrons. The minimum absolute atomic E-state index is 0.355. The number of nitrogens with zero attached hydrogens (tertiary/aromatic N) is 1. The molecule has 0 aliphatic rings. The zero-order chi connectivity index (χ0) is 25.6. The number of benzene rings is 3. The van der Waals surface area contributed by atoms with Crippen molar-refractivity contribution >= 4 is 12.1 Å². The van der Waals surface area contributed by atoms with E-state index in [1.807, 2.05) is 62.4 Å². The Morgan fingerprint density at radius 3 is 2.22 bits per heavy atom. The van der Waals surface area contributed by atoms with Gasteiger partial charge in [-0.2, -0.15) is 5.10 Å².